The fourth-order valence-electron chi connectivity index (χ4n) is 3.13. The van der Waals surface area contributed by atoms with Gasteiger partial charge in [0.25, 0.3) is 0 Å². The van der Waals surface area contributed by atoms with E-state index < -0.39 is 24.1 Å². The smallest absolute Gasteiger partial charge is 0.332 e. The molecule has 168 valence electrons. The van der Waals surface area contributed by atoms with Gasteiger partial charge in [-0.15, -0.1) is 0 Å². The van der Waals surface area contributed by atoms with Gasteiger partial charge in [0.15, 0.2) is 6.04 Å². The van der Waals surface area contributed by atoms with Crippen LogP contribution in [0.5, 0.6) is 5.75 Å². The summed E-state index contributed by atoms with van der Waals surface area (Å²) in [6.07, 6.45) is 5.22. The summed E-state index contributed by atoms with van der Waals surface area (Å²) in [5.74, 6) is 0.258. The highest BCUT2D eigenvalue weighted by atomic mass is 33.1. The van der Waals surface area contributed by atoms with Gasteiger partial charge in [-0.1, -0.05) is 46.6 Å². The average molecular weight is 457 g/mol. The number of methoxy groups -OCH3 is 1. The number of phenolic OH excluding ortho intramolecular Hbond substituents is 1. The van der Waals surface area contributed by atoms with E-state index in [9.17, 15) is 14.7 Å². The van der Waals surface area contributed by atoms with Crippen LogP contribution in [0.1, 0.15) is 39.0 Å². The average Bonchev–Trinajstić information content (AvgIpc) is 3.25. The van der Waals surface area contributed by atoms with Crippen LogP contribution in [0.15, 0.2) is 24.3 Å². The minimum Gasteiger partial charge on any atom is -0.506 e. The van der Waals surface area contributed by atoms with Gasteiger partial charge >= 0.3 is 11.9 Å². The summed E-state index contributed by atoms with van der Waals surface area (Å²) in [7, 11) is 5.26. The van der Waals surface area contributed by atoms with Crippen molar-refractivity contribution in [2.24, 2.45) is 0 Å². The molecule has 0 aliphatic carbocycles. The fraction of sp³-hybridized carbons (Fsp3) is 0.619. The van der Waals surface area contributed by atoms with Gasteiger partial charge in [0.1, 0.15) is 11.9 Å². The summed E-state index contributed by atoms with van der Waals surface area (Å²) in [5, 5.41) is 16.7. The Hall–Kier alpha value is -1.58. The highest BCUT2D eigenvalue weighted by molar-refractivity contribution is 8.77. The molecular formula is C21H32N2O5S2. The van der Waals surface area contributed by atoms with Crippen LogP contribution >= 0.6 is 21.6 Å². The Morgan fingerprint density at radius 1 is 1.27 bits per heavy atom. The standard InChI is InChI=1S/C21H32N2O5S2/c1-15(20(21(26)27-2)23-17-9-5-6-10-18(17)24)28-19(25)14-22-12-7-3-4-8-16-11-13-29-30-16/h5-6,9-10,15-16,20,22-24H,3-4,7-8,11-14H2,1-2H3. The second-order valence-corrected chi connectivity index (χ2v) is 10.00. The number of nitrogens with one attached hydrogen (secondary N) is 2. The zero-order chi connectivity index (χ0) is 21.8. The lowest BCUT2D eigenvalue weighted by molar-refractivity contribution is -0.153. The molecule has 3 atom stereocenters. The Labute approximate surface area is 186 Å². The van der Waals surface area contributed by atoms with E-state index in [4.69, 9.17) is 9.47 Å². The van der Waals surface area contributed by atoms with Gasteiger partial charge in [-0.2, -0.15) is 0 Å². The van der Waals surface area contributed by atoms with Gasteiger partial charge < -0.3 is 25.2 Å². The molecule has 1 aliphatic heterocycles. The number of unbranched alkanes of at least 4 members (excludes halogenated alkanes) is 2. The number of carbonyl (C=O) groups excluding carboxylic acids is 2. The van der Waals surface area contributed by atoms with Crippen LogP contribution in [-0.2, 0) is 19.1 Å². The quantitative estimate of drug-likeness (QED) is 0.178. The number of benzene rings is 1. The first kappa shape index (κ1) is 24.7. The van der Waals surface area contributed by atoms with Crippen molar-refractivity contribution in [3.8, 4) is 5.75 Å². The predicted molar refractivity (Wildman–Crippen MR) is 123 cm³/mol. The Bertz CT molecular complexity index is 671. The number of hydrogen-bond donors (Lipinski definition) is 3. The molecule has 30 heavy (non-hydrogen) atoms. The molecule has 0 saturated carbocycles. The van der Waals surface area contributed by atoms with E-state index in [-0.39, 0.29) is 12.3 Å². The van der Waals surface area contributed by atoms with E-state index in [1.807, 2.05) is 21.6 Å². The van der Waals surface area contributed by atoms with Crippen molar-refractivity contribution in [3.05, 3.63) is 24.3 Å². The van der Waals surface area contributed by atoms with Gasteiger partial charge in [0.05, 0.1) is 19.3 Å². The SMILES string of the molecule is COC(=O)C(Nc1ccccc1O)C(C)OC(=O)CNCCCCCC1CCSS1. The summed E-state index contributed by atoms with van der Waals surface area (Å²) in [4.78, 5) is 24.3. The highest BCUT2D eigenvalue weighted by Crippen LogP contribution is 2.39. The Balaban J connectivity index is 1.67. The molecule has 2 rings (SSSR count). The number of hydrogen-bond acceptors (Lipinski definition) is 9. The second kappa shape index (κ2) is 13.7. The van der Waals surface area contributed by atoms with Crippen molar-refractivity contribution in [1.82, 2.24) is 5.32 Å². The van der Waals surface area contributed by atoms with Crippen LogP contribution < -0.4 is 10.6 Å². The Kier molecular flexibility index (Phi) is 11.2. The number of phenols is 1. The normalized spacial score (nSPS) is 17.9. The number of anilines is 1. The zero-order valence-corrected chi connectivity index (χ0v) is 19.2. The van der Waals surface area contributed by atoms with E-state index in [1.54, 1.807) is 25.1 Å². The van der Waals surface area contributed by atoms with Crippen molar-refractivity contribution >= 4 is 39.2 Å². The zero-order valence-electron chi connectivity index (χ0n) is 17.6. The third-order valence-electron chi connectivity index (χ3n) is 4.83. The summed E-state index contributed by atoms with van der Waals surface area (Å²) >= 11 is 0. The molecule has 0 aromatic heterocycles. The lowest BCUT2D eigenvalue weighted by Crippen LogP contribution is -2.43. The molecule has 1 saturated heterocycles. The van der Waals surface area contributed by atoms with Crippen molar-refractivity contribution in [2.45, 2.75) is 56.4 Å². The van der Waals surface area contributed by atoms with Gasteiger partial charge in [-0.25, -0.2) is 4.79 Å². The predicted octanol–water partition coefficient (Wildman–Crippen LogP) is 3.58. The first-order valence-electron chi connectivity index (χ1n) is 10.3. The van der Waals surface area contributed by atoms with E-state index in [0.29, 0.717) is 5.69 Å². The first-order chi connectivity index (χ1) is 14.5. The Morgan fingerprint density at radius 3 is 2.77 bits per heavy atom. The third-order valence-corrected chi connectivity index (χ3v) is 7.84. The number of carbonyl (C=O) groups is 2. The molecule has 1 aromatic carbocycles. The number of rotatable bonds is 13. The Morgan fingerprint density at radius 2 is 2.07 bits per heavy atom. The van der Waals surface area contributed by atoms with Crippen LogP contribution in [0.25, 0.3) is 0 Å². The van der Waals surface area contributed by atoms with Gasteiger partial charge in [0, 0.05) is 11.0 Å². The van der Waals surface area contributed by atoms with E-state index >= 15 is 0 Å². The van der Waals surface area contributed by atoms with Gasteiger partial charge in [-0.3, -0.25) is 4.79 Å². The van der Waals surface area contributed by atoms with E-state index in [1.165, 1.54) is 38.2 Å². The molecule has 1 aromatic rings. The second-order valence-electron chi connectivity index (χ2n) is 7.21. The highest BCUT2D eigenvalue weighted by Gasteiger charge is 2.29. The molecule has 1 fully saturated rings. The van der Waals surface area contributed by atoms with Crippen molar-refractivity contribution in [1.29, 1.82) is 0 Å². The topological polar surface area (TPSA) is 96.9 Å². The minimum atomic E-state index is -0.932. The minimum absolute atomic E-state index is 0.00289. The third kappa shape index (κ3) is 8.65. The van der Waals surface area contributed by atoms with Crippen LogP contribution in [0.2, 0.25) is 0 Å². The number of esters is 2. The molecule has 0 spiro atoms. The number of para-hydroxylation sites is 2. The molecule has 3 N–H and O–H groups in total. The first-order valence-corrected chi connectivity index (χ1v) is 12.7. The van der Waals surface area contributed by atoms with Crippen LogP contribution in [0, 0.1) is 0 Å². The number of aromatic hydroxyl groups is 1. The molecule has 1 aliphatic rings. The summed E-state index contributed by atoms with van der Waals surface area (Å²) in [6, 6.07) is 5.60. The van der Waals surface area contributed by atoms with Crippen molar-refractivity contribution in [2.75, 3.05) is 31.3 Å². The lowest BCUT2D eigenvalue weighted by Gasteiger charge is -2.24. The van der Waals surface area contributed by atoms with E-state index in [2.05, 4.69) is 10.6 Å². The molecule has 9 heteroatoms. The largest absolute Gasteiger partial charge is 0.506 e. The van der Waals surface area contributed by atoms with Crippen molar-refractivity contribution in [3.63, 3.8) is 0 Å². The molecular weight excluding hydrogens is 424 g/mol. The van der Waals surface area contributed by atoms with Gasteiger partial charge in [0.2, 0.25) is 0 Å². The van der Waals surface area contributed by atoms with Gasteiger partial charge in [-0.05, 0) is 44.9 Å². The monoisotopic (exact) mass is 456 g/mol. The number of ether oxygens (including phenoxy) is 2. The van der Waals surface area contributed by atoms with Crippen LogP contribution in [-0.4, -0.2) is 60.4 Å². The maximum atomic E-state index is 12.1. The molecule has 7 nitrogen and oxygen atoms in total. The molecule has 0 amide bonds. The summed E-state index contributed by atoms with van der Waals surface area (Å²) in [5.41, 5.74) is 0.364. The lowest BCUT2D eigenvalue weighted by atomic mass is 10.1. The maximum Gasteiger partial charge on any atom is 0.332 e. The fourth-order valence-corrected chi connectivity index (χ4v) is 6.16. The van der Waals surface area contributed by atoms with E-state index in [0.717, 1.165) is 24.6 Å². The van der Waals surface area contributed by atoms with Crippen LogP contribution in [0.4, 0.5) is 5.69 Å². The van der Waals surface area contributed by atoms with Crippen molar-refractivity contribution < 1.29 is 24.2 Å². The molecule has 3 unspecified atom stereocenters. The van der Waals surface area contributed by atoms with Crippen LogP contribution in [0.3, 0.4) is 0 Å². The molecule has 1 heterocycles. The maximum absolute atomic E-state index is 12.1. The summed E-state index contributed by atoms with van der Waals surface area (Å²) < 4.78 is 10.2. The molecule has 0 bridgehead atoms. The summed E-state index contributed by atoms with van der Waals surface area (Å²) in [6.45, 7) is 2.46. The molecule has 0 radical (unpaired) electrons.